The van der Waals surface area contributed by atoms with Crippen molar-refractivity contribution >= 4 is 11.8 Å². The lowest BCUT2D eigenvalue weighted by Crippen LogP contribution is -2.39. The van der Waals surface area contributed by atoms with Gasteiger partial charge in [-0.1, -0.05) is 6.07 Å². The summed E-state index contributed by atoms with van der Waals surface area (Å²) < 4.78 is 37.9. The molecule has 1 heterocycles. The molecule has 0 spiro atoms. The minimum Gasteiger partial charge on any atom is -0.330 e. The first-order chi connectivity index (χ1) is 9.99. The van der Waals surface area contributed by atoms with Gasteiger partial charge in [0.25, 0.3) is 0 Å². The second-order valence-electron chi connectivity index (χ2n) is 5.42. The fraction of sp³-hybridized carbons (Fsp3) is 0.600. The van der Waals surface area contributed by atoms with Crippen LogP contribution in [-0.4, -0.2) is 36.8 Å². The second-order valence-corrected chi connectivity index (χ2v) is 6.59. The van der Waals surface area contributed by atoms with E-state index in [2.05, 4.69) is 4.90 Å². The molecule has 1 aromatic carbocycles. The molecule has 0 aromatic heterocycles. The molecule has 0 aliphatic carbocycles. The number of piperidine rings is 1. The van der Waals surface area contributed by atoms with Gasteiger partial charge < -0.3 is 10.6 Å². The summed E-state index contributed by atoms with van der Waals surface area (Å²) in [5, 5.41) is 0. The summed E-state index contributed by atoms with van der Waals surface area (Å²) in [6, 6.07) is 5.54. The van der Waals surface area contributed by atoms with Gasteiger partial charge in [0, 0.05) is 23.7 Å². The third kappa shape index (κ3) is 5.20. The molecule has 1 aliphatic heterocycles. The van der Waals surface area contributed by atoms with Crippen LogP contribution in [0.1, 0.15) is 18.4 Å². The summed E-state index contributed by atoms with van der Waals surface area (Å²) >= 11 is 1.48. The molecule has 0 radical (unpaired) electrons. The summed E-state index contributed by atoms with van der Waals surface area (Å²) in [5.41, 5.74) is 5.13. The lowest BCUT2D eigenvalue weighted by molar-refractivity contribution is -0.137. The molecule has 1 aliphatic rings. The van der Waals surface area contributed by atoms with Crippen LogP contribution < -0.4 is 5.73 Å². The van der Waals surface area contributed by atoms with Crippen molar-refractivity contribution in [2.24, 2.45) is 11.7 Å². The molecule has 1 unspecified atom stereocenters. The summed E-state index contributed by atoms with van der Waals surface area (Å²) in [6.07, 6.45) is -1.92. The summed E-state index contributed by atoms with van der Waals surface area (Å²) in [4.78, 5) is 3.04. The van der Waals surface area contributed by atoms with Gasteiger partial charge in [-0.3, -0.25) is 0 Å². The summed E-state index contributed by atoms with van der Waals surface area (Å²) in [7, 11) is 0. The second kappa shape index (κ2) is 7.51. The van der Waals surface area contributed by atoms with E-state index in [1.54, 1.807) is 6.07 Å². The van der Waals surface area contributed by atoms with Gasteiger partial charge in [0.1, 0.15) is 0 Å². The standard InChI is InChI=1S/C15H21F3N2S/c16-15(17,18)13-4-1-5-14(9-13)21-8-7-20-6-2-3-12(10-19)11-20/h1,4-5,9,12H,2-3,6-8,10-11,19H2. The van der Waals surface area contributed by atoms with E-state index in [-0.39, 0.29) is 0 Å². The van der Waals surface area contributed by atoms with E-state index < -0.39 is 11.7 Å². The maximum absolute atomic E-state index is 12.6. The number of halogens is 3. The van der Waals surface area contributed by atoms with Gasteiger partial charge in [0.05, 0.1) is 5.56 Å². The van der Waals surface area contributed by atoms with Gasteiger partial charge in [-0.2, -0.15) is 13.2 Å². The summed E-state index contributed by atoms with van der Waals surface area (Å²) in [5.74, 6) is 1.37. The molecule has 118 valence electrons. The molecule has 1 aromatic rings. The van der Waals surface area contributed by atoms with Crippen molar-refractivity contribution in [3.05, 3.63) is 29.8 Å². The average molecular weight is 318 g/mol. The molecule has 21 heavy (non-hydrogen) atoms. The first-order valence-corrected chi connectivity index (χ1v) is 8.20. The Labute approximate surface area is 127 Å². The van der Waals surface area contributed by atoms with E-state index in [1.165, 1.54) is 30.3 Å². The van der Waals surface area contributed by atoms with Crippen molar-refractivity contribution in [1.82, 2.24) is 4.90 Å². The predicted molar refractivity (Wildman–Crippen MR) is 80.4 cm³/mol. The molecule has 0 amide bonds. The molecular formula is C15H21F3N2S. The van der Waals surface area contributed by atoms with Crippen molar-refractivity contribution in [2.75, 3.05) is 31.9 Å². The molecule has 2 nitrogen and oxygen atoms in total. The number of likely N-dealkylation sites (tertiary alicyclic amines) is 1. The van der Waals surface area contributed by atoms with E-state index in [4.69, 9.17) is 5.73 Å². The molecule has 2 N–H and O–H groups in total. The largest absolute Gasteiger partial charge is 0.416 e. The van der Waals surface area contributed by atoms with Crippen molar-refractivity contribution in [2.45, 2.75) is 23.9 Å². The fourth-order valence-corrected chi connectivity index (χ4v) is 3.57. The highest BCUT2D eigenvalue weighted by molar-refractivity contribution is 7.99. The van der Waals surface area contributed by atoms with E-state index in [0.29, 0.717) is 10.8 Å². The van der Waals surface area contributed by atoms with Crippen molar-refractivity contribution in [1.29, 1.82) is 0 Å². The number of benzene rings is 1. The molecule has 1 fully saturated rings. The first kappa shape index (κ1) is 16.6. The first-order valence-electron chi connectivity index (χ1n) is 7.21. The number of thioether (sulfide) groups is 1. The van der Waals surface area contributed by atoms with Crippen molar-refractivity contribution in [3.8, 4) is 0 Å². The molecule has 2 rings (SSSR count). The van der Waals surface area contributed by atoms with Gasteiger partial charge >= 0.3 is 6.18 Å². The zero-order valence-electron chi connectivity index (χ0n) is 11.9. The number of hydrogen-bond donors (Lipinski definition) is 1. The Morgan fingerprint density at radius 2 is 2.14 bits per heavy atom. The number of hydrogen-bond acceptors (Lipinski definition) is 3. The van der Waals surface area contributed by atoms with Gasteiger partial charge in [-0.25, -0.2) is 0 Å². The minimum atomic E-state index is -4.27. The van der Waals surface area contributed by atoms with Crippen molar-refractivity contribution < 1.29 is 13.2 Å². The zero-order chi connectivity index (χ0) is 15.3. The maximum Gasteiger partial charge on any atom is 0.416 e. The highest BCUT2D eigenvalue weighted by Crippen LogP contribution is 2.31. The Bertz CT molecular complexity index is 451. The van der Waals surface area contributed by atoms with Gasteiger partial charge in [0.15, 0.2) is 0 Å². The third-order valence-electron chi connectivity index (χ3n) is 3.77. The van der Waals surface area contributed by atoms with E-state index in [9.17, 15) is 13.2 Å². The Kier molecular flexibility index (Phi) is 5.96. The van der Waals surface area contributed by atoms with E-state index in [1.807, 2.05) is 0 Å². The number of nitrogens with two attached hydrogens (primary N) is 1. The average Bonchev–Trinajstić information content (AvgIpc) is 2.47. The molecular weight excluding hydrogens is 297 g/mol. The monoisotopic (exact) mass is 318 g/mol. The van der Waals surface area contributed by atoms with Crippen LogP contribution in [-0.2, 0) is 6.18 Å². The Morgan fingerprint density at radius 1 is 1.33 bits per heavy atom. The summed E-state index contributed by atoms with van der Waals surface area (Å²) in [6.45, 7) is 3.70. The number of rotatable bonds is 5. The lowest BCUT2D eigenvalue weighted by Gasteiger charge is -2.31. The fourth-order valence-electron chi connectivity index (χ4n) is 2.60. The Morgan fingerprint density at radius 3 is 2.86 bits per heavy atom. The highest BCUT2D eigenvalue weighted by atomic mass is 32.2. The topological polar surface area (TPSA) is 29.3 Å². The lowest BCUT2D eigenvalue weighted by atomic mass is 9.98. The number of alkyl halides is 3. The highest BCUT2D eigenvalue weighted by Gasteiger charge is 2.30. The van der Waals surface area contributed by atoms with Crippen LogP contribution >= 0.6 is 11.8 Å². The van der Waals surface area contributed by atoms with Crippen LogP contribution in [0.5, 0.6) is 0 Å². The van der Waals surface area contributed by atoms with E-state index >= 15 is 0 Å². The molecule has 0 saturated carbocycles. The predicted octanol–water partition coefficient (Wildman–Crippen LogP) is 3.47. The molecule has 1 atom stereocenters. The van der Waals surface area contributed by atoms with Crippen LogP contribution in [0.2, 0.25) is 0 Å². The van der Waals surface area contributed by atoms with Crippen LogP contribution in [0, 0.1) is 5.92 Å². The third-order valence-corrected chi connectivity index (χ3v) is 4.75. The molecule has 6 heteroatoms. The quantitative estimate of drug-likeness (QED) is 0.843. The van der Waals surface area contributed by atoms with E-state index in [0.717, 1.165) is 44.4 Å². The molecule has 1 saturated heterocycles. The smallest absolute Gasteiger partial charge is 0.330 e. The molecule has 0 bridgehead atoms. The Hall–Kier alpha value is -0.720. The normalized spacial score (nSPS) is 20.7. The van der Waals surface area contributed by atoms with Crippen LogP contribution in [0.15, 0.2) is 29.2 Å². The van der Waals surface area contributed by atoms with Gasteiger partial charge in [-0.15, -0.1) is 11.8 Å². The minimum absolute atomic E-state index is 0.567. The Balaban J connectivity index is 1.81. The van der Waals surface area contributed by atoms with Crippen molar-refractivity contribution in [3.63, 3.8) is 0 Å². The van der Waals surface area contributed by atoms with Crippen LogP contribution in [0.4, 0.5) is 13.2 Å². The number of nitrogens with zero attached hydrogens (tertiary/aromatic N) is 1. The van der Waals surface area contributed by atoms with Crippen LogP contribution in [0.25, 0.3) is 0 Å². The SMILES string of the molecule is NCC1CCCN(CCSc2cccc(C(F)(F)F)c2)C1. The van der Waals surface area contributed by atoms with Gasteiger partial charge in [0.2, 0.25) is 0 Å². The van der Waals surface area contributed by atoms with Gasteiger partial charge in [-0.05, 0) is 50.0 Å². The maximum atomic E-state index is 12.6. The zero-order valence-corrected chi connectivity index (χ0v) is 12.7. The van der Waals surface area contributed by atoms with Crippen LogP contribution in [0.3, 0.4) is 0 Å².